The summed E-state index contributed by atoms with van der Waals surface area (Å²) in [6, 6.07) is 3.37. The van der Waals surface area contributed by atoms with Crippen molar-refractivity contribution in [3.63, 3.8) is 0 Å². The van der Waals surface area contributed by atoms with Gasteiger partial charge in [-0.05, 0) is 37.0 Å². The number of phenolic OH excluding ortho intramolecular Hbond substituents is 1. The Balaban J connectivity index is 1.57. The van der Waals surface area contributed by atoms with Gasteiger partial charge in [0.05, 0.1) is 18.9 Å². The Bertz CT molecular complexity index is 1010. The predicted molar refractivity (Wildman–Crippen MR) is 119 cm³/mol. The summed E-state index contributed by atoms with van der Waals surface area (Å²) >= 11 is 0. The summed E-state index contributed by atoms with van der Waals surface area (Å²) in [5.41, 5.74) is 7.24. The zero-order valence-corrected chi connectivity index (χ0v) is 18.4. The number of hydrogen-bond acceptors (Lipinski definition) is 7. The Morgan fingerprint density at radius 2 is 1.94 bits per heavy atom. The topological polar surface area (TPSA) is 191 Å². The van der Waals surface area contributed by atoms with Crippen molar-refractivity contribution >= 4 is 23.7 Å². The van der Waals surface area contributed by atoms with E-state index in [4.69, 9.17) is 5.73 Å². The summed E-state index contributed by atoms with van der Waals surface area (Å²) in [4.78, 5) is 57.4. The van der Waals surface area contributed by atoms with Crippen LogP contribution in [-0.4, -0.2) is 80.0 Å². The average Bonchev–Trinajstić information content (AvgIpc) is 3.50. The van der Waals surface area contributed by atoms with Crippen LogP contribution in [0.4, 0.5) is 0 Å². The minimum absolute atomic E-state index is 0.0850. The van der Waals surface area contributed by atoms with E-state index in [1.165, 1.54) is 29.6 Å². The number of carbonyl (C=O) groups is 4. The van der Waals surface area contributed by atoms with Gasteiger partial charge in [-0.3, -0.25) is 14.4 Å². The number of nitrogens with two attached hydrogens (primary N) is 1. The molecule has 34 heavy (non-hydrogen) atoms. The minimum Gasteiger partial charge on any atom is -0.508 e. The molecule has 2 heterocycles. The fraction of sp³-hybridized carbons (Fsp3) is 0.409. The van der Waals surface area contributed by atoms with Gasteiger partial charge in [-0.25, -0.2) is 9.78 Å². The molecule has 7 N–H and O–H groups in total. The van der Waals surface area contributed by atoms with Gasteiger partial charge in [0, 0.05) is 24.9 Å². The van der Waals surface area contributed by atoms with Crippen molar-refractivity contribution in [2.45, 2.75) is 43.8 Å². The monoisotopic (exact) mass is 472 g/mol. The van der Waals surface area contributed by atoms with Crippen molar-refractivity contribution in [1.82, 2.24) is 25.5 Å². The summed E-state index contributed by atoms with van der Waals surface area (Å²) < 4.78 is 0. The number of benzene rings is 1. The highest BCUT2D eigenvalue weighted by Gasteiger charge is 2.37. The molecule has 1 aliphatic rings. The van der Waals surface area contributed by atoms with Crippen LogP contribution in [0, 0.1) is 0 Å². The highest BCUT2D eigenvalue weighted by molar-refractivity contribution is 5.93. The van der Waals surface area contributed by atoms with E-state index in [0.29, 0.717) is 18.5 Å². The minimum atomic E-state index is -1.09. The second kappa shape index (κ2) is 11.3. The van der Waals surface area contributed by atoms with Gasteiger partial charge < -0.3 is 36.5 Å². The van der Waals surface area contributed by atoms with Gasteiger partial charge in [-0.2, -0.15) is 0 Å². The number of H-pyrrole nitrogens is 1. The Labute approximate surface area is 195 Å². The van der Waals surface area contributed by atoms with Crippen LogP contribution in [0.1, 0.15) is 24.1 Å². The number of hydrogen-bond donors (Lipinski definition) is 6. The molecule has 1 saturated heterocycles. The van der Waals surface area contributed by atoms with Gasteiger partial charge in [0.25, 0.3) is 0 Å². The third-order valence-electron chi connectivity index (χ3n) is 5.59. The smallest absolute Gasteiger partial charge is 0.326 e. The standard InChI is InChI=1S/C22H28N6O6/c23-16(8-13-3-5-15(29)6-4-13)20(31)25-11-19(30)27-17(9-14-10-24-12-26-14)21(32)28-7-1-2-18(28)22(33)34/h3-6,10,12,16-18,29H,1-2,7-9,11,23H2,(H,24,26)(H,25,31)(H,27,30)(H,33,34). The number of aromatic hydroxyl groups is 1. The molecular weight excluding hydrogens is 444 g/mol. The van der Waals surface area contributed by atoms with Crippen LogP contribution in [0.2, 0.25) is 0 Å². The lowest BCUT2D eigenvalue weighted by Gasteiger charge is -2.27. The number of nitrogens with zero attached hydrogens (tertiary/aromatic N) is 2. The Kier molecular flexibility index (Phi) is 8.19. The van der Waals surface area contributed by atoms with Crippen molar-refractivity contribution in [3.8, 4) is 5.75 Å². The van der Waals surface area contributed by atoms with E-state index in [0.717, 1.165) is 5.56 Å². The van der Waals surface area contributed by atoms with Crippen LogP contribution in [0.3, 0.4) is 0 Å². The third kappa shape index (κ3) is 6.54. The second-order valence-corrected chi connectivity index (χ2v) is 8.12. The summed E-state index contributed by atoms with van der Waals surface area (Å²) in [6.07, 6.45) is 4.14. The van der Waals surface area contributed by atoms with Gasteiger partial charge in [0.15, 0.2) is 0 Å². The van der Waals surface area contributed by atoms with Crippen molar-refractivity contribution in [1.29, 1.82) is 0 Å². The summed E-state index contributed by atoms with van der Waals surface area (Å²) in [5, 5.41) is 23.8. The molecule has 2 aromatic rings. The molecule has 1 aromatic carbocycles. The van der Waals surface area contributed by atoms with E-state index in [-0.39, 0.29) is 25.1 Å². The third-order valence-corrected chi connectivity index (χ3v) is 5.59. The number of aromatic nitrogens is 2. The number of phenols is 1. The number of likely N-dealkylation sites (tertiary alicyclic amines) is 1. The zero-order valence-electron chi connectivity index (χ0n) is 18.4. The average molecular weight is 473 g/mol. The lowest BCUT2D eigenvalue weighted by molar-refractivity contribution is -0.149. The number of nitrogens with one attached hydrogen (secondary N) is 3. The molecule has 0 saturated carbocycles. The molecule has 3 amide bonds. The summed E-state index contributed by atoms with van der Waals surface area (Å²) in [6.45, 7) is -0.120. The maximum Gasteiger partial charge on any atom is 0.326 e. The van der Waals surface area contributed by atoms with Crippen LogP contribution < -0.4 is 16.4 Å². The van der Waals surface area contributed by atoms with E-state index in [1.807, 2.05) is 0 Å². The van der Waals surface area contributed by atoms with Crippen molar-refractivity contribution in [2.24, 2.45) is 5.73 Å². The highest BCUT2D eigenvalue weighted by Crippen LogP contribution is 2.19. The van der Waals surface area contributed by atoms with E-state index < -0.39 is 48.4 Å². The lowest BCUT2D eigenvalue weighted by Crippen LogP contribution is -2.54. The Morgan fingerprint density at radius 1 is 1.21 bits per heavy atom. The van der Waals surface area contributed by atoms with E-state index in [1.54, 1.807) is 12.1 Å². The van der Waals surface area contributed by atoms with E-state index >= 15 is 0 Å². The molecule has 0 aliphatic carbocycles. The highest BCUT2D eigenvalue weighted by atomic mass is 16.4. The molecule has 0 bridgehead atoms. The van der Waals surface area contributed by atoms with Gasteiger partial charge in [-0.15, -0.1) is 0 Å². The first-order valence-corrected chi connectivity index (χ1v) is 10.9. The summed E-state index contributed by atoms with van der Waals surface area (Å²) in [5.74, 6) is -2.67. The van der Waals surface area contributed by atoms with Gasteiger partial charge in [-0.1, -0.05) is 12.1 Å². The maximum atomic E-state index is 13.1. The fourth-order valence-electron chi connectivity index (χ4n) is 3.83. The molecule has 1 fully saturated rings. The molecule has 3 unspecified atom stereocenters. The molecular formula is C22H28N6O6. The molecule has 0 spiro atoms. The molecule has 12 heteroatoms. The van der Waals surface area contributed by atoms with Gasteiger partial charge >= 0.3 is 5.97 Å². The fourth-order valence-corrected chi connectivity index (χ4v) is 3.83. The number of carboxylic acids is 1. The molecule has 3 atom stereocenters. The molecule has 12 nitrogen and oxygen atoms in total. The number of imidazole rings is 1. The summed E-state index contributed by atoms with van der Waals surface area (Å²) in [7, 11) is 0. The van der Waals surface area contributed by atoms with Crippen LogP contribution >= 0.6 is 0 Å². The van der Waals surface area contributed by atoms with Crippen LogP contribution in [-0.2, 0) is 32.0 Å². The van der Waals surface area contributed by atoms with Crippen LogP contribution in [0.5, 0.6) is 5.75 Å². The van der Waals surface area contributed by atoms with Crippen LogP contribution in [0.25, 0.3) is 0 Å². The number of carboxylic acid groups (broad SMARTS) is 1. The SMILES string of the molecule is NC(Cc1ccc(O)cc1)C(=O)NCC(=O)NC(Cc1cnc[nH]1)C(=O)N1CCCC1C(=O)O. The normalized spacial score (nSPS) is 17.1. The van der Waals surface area contributed by atoms with Crippen molar-refractivity contribution in [2.75, 3.05) is 13.1 Å². The van der Waals surface area contributed by atoms with E-state index in [2.05, 4.69) is 20.6 Å². The first-order chi connectivity index (χ1) is 16.2. The first-order valence-electron chi connectivity index (χ1n) is 10.9. The van der Waals surface area contributed by atoms with Gasteiger partial charge in [0.1, 0.15) is 17.8 Å². The molecule has 1 aromatic heterocycles. The maximum absolute atomic E-state index is 13.1. The quantitative estimate of drug-likeness (QED) is 0.251. The zero-order chi connectivity index (χ0) is 24.7. The molecule has 3 rings (SSSR count). The van der Waals surface area contributed by atoms with Gasteiger partial charge in [0.2, 0.25) is 17.7 Å². The molecule has 0 radical (unpaired) electrons. The predicted octanol–water partition coefficient (Wildman–Crippen LogP) is -1.10. The number of amides is 3. The Hall–Kier alpha value is -3.93. The number of aliphatic carboxylic acids is 1. The van der Waals surface area contributed by atoms with Crippen molar-refractivity contribution in [3.05, 3.63) is 48.0 Å². The second-order valence-electron chi connectivity index (χ2n) is 8.12. The van der Waals surface area contributed by atoms with Crippen LogP contribution in [0.15, 0.2) is 36.8 Å². The molecule has 1 aliphatic heterocycles. The lowest BCUT2D eigenvalue weighted by atomic mass is 10.1. The Morgan fingerprint density at radius 3 is 2.59 bits per heavy atom. The van der Waals surface area contributed by atoms with Crippen molar-refractivity contribution < 1.29 is 29.4 Å². The molecule has 182 valence electrons. The largest absolute Gasteiger partial charge is 0.508 e. The number of rotatable bonds is 10. The number of carbonyl (C=O) groups excluding carboxylic acids is 3. The first kappa shape index (κ1) is 24.7. The van der Waals surface area contributed by atoms with E-state index in [9.17, 15) is 29.4 Å². The number of aromatic amines is 1.